The first-order chi connectivity index (χ1) is 21.1. The lowest BCUT2D eigenvalue weighted by Gasteiger charge is -2.29. The summed E-state index contributed by atoms with van der Waals surface area (Å²) >= 11 is 7.53. The van der Waals surface area contributed by atoms with Crippen LogP contribution in [0.15, 0.2) is 95.9 Å². The SMILES string of the molecule is CSc1cc(OCCCN(Cc2cccc(C(F)(F)F)c2Cl)CC(c2ccccc2)c2ccccc2)cc(F)c1CC(=O)O. The normalized spacial score (nSPS) is 11.7. The lowest BCUT2D eigenvalue weighted by Crippen LogP contribution is -2.31. The Morgan fingerprint density at radius 2 is 1.61 bits per heavy atom. The number of rotatable bonds is 14. The Labute approximate surface area is 263 Å². The number of halogens is 5. The van der Waals surface area contributed by atoms with Crippen LogP contribution in [-0.4, -0.2) is 41.9 Å². The predicted molar refractivity (Wildman–Crippen MR) is 166 cm³/mol. The summed E-state index contributed by atoms with van der Waals surface area (Å²) < 4.78 is 61.4. The summed E-state index contributed by atoms with van der Waals surface area (Å²) in [7, 11) is 0. The van der Waals surface area contributed by atoms with Gasteiger partial charge in [-0.25, -0.2) is 4.39 Å². The third-order valence-electron chi connectivity index (χ3n) is 7.19. The first-order valence-corrected chi connectivity index (χ1v) is 15.5. The molecule has 10 heteroatoms. The number of aliphatic carboxylic acids is 1. The van der Waals surface area contributed by atoms with E-state index in [1.165, 1.54) is 23.9 Å². The second kappa shape index (κ2) is 15.5. The highest BCUT2D eigenvalue weighted by molar-refractivity contribution is 7.98. The van der Waals surface area contributed by atoms with Crippen LogP contribution < -0.4 is 4.74 Å². The molecule has 0 saturated heterocycles. The zero-order chi connectivity index (χ0) is 31.7. The second-order valence-corrected chi connectivity index (χ2v) is 11.5. The fourth-order valence-electron chi connectivity index (χ4n) is 5.08. The molecule has 0 spiro atoms. The van der Waals surface area contributed by atoms with E-state index in [2.05, 4.69) is 4.90 Å². The van der Waals surface area contributed by atoms with Gasteiger partial charge in [0.2, 0.25) is 0 Å². The molecule has 0 unspecified atom stereocenters. The predicted octanol–water partition coefficient (Wildman–Crippen LogP) is 8.95. The molecule has 0 aliphatic heterocycles. The van der Waals surface area contributed by atoms with E-state index in [-0.39, 0.29) is 35.4 Å². The fraction of sp³-hybridized carbons (Fsp3) is 0.265. The van der Waals surface area contributed by atoms with Crippen molar-refractivity contribution < 1.29 is 32.2 Å². The van der Waals surface area contributed by atoms with Crippen molar-refractivity contribution in [3.05, 3.63) is 130 Å². The molecule has 4 aromatic carbocycles. The van der Waals surface area contributed by atoms with Crippen molar-refractivity contribution in [2.24, 2.45) is 0 Å². The van der Waals surface area contributed by atoms with Gasteiger partial charge in [0.25, 0.3) is 0 Å². The molecule has 44 heavy (non-hydrogen) atoms. The van der Waals surface area contributed by atoms with Gasteiger partial charge in [-0.05, 0) is 41.5 Å². The highest BCUT2D eigenvalue weighted by atomic mass is 35.5. The van der Waals surface area contributed by atoms with Crippen LogP contribution in [0.25, 0.3) is 0 Å². The number of thioether (sulfide) groups is 1. The van der Waals surface area contributed by atoms with Gasteiger partial charge in [-0.1, -0.05) is 84.4 Å². The highest BCUT2D eigenvalue weighted by Crippen LogP contribution is 2.37. The summed E-state index contributed by atoms with van der Waals surface area (Å²) in [6.45, 7) is 1.33. The molecule has 4 nitrogen and oxygen atoms in total. The zero-order valence-electron chi connectivity index (χ0n) is 24.0. The van der Waals surface area contributed by atoms with Crippen LogP contribution in [0.3, 0.4) is 0 Å². The number of carbonyl (C=O) groups is 1. The summed E-state index contributed by atoms with van der Waals surface area (Å²) in [5.41, 5.74) is 1.73. The van der Waals surface area contributed by atoms with E-state index >= 15 is 0 Å². The molecule has 0 atom stereocenters. The van der Waals surface area contributed by atoms with Crippen LogP contribution in [0.2, 0.25) is 5.02 Å². The maximum Gasteiger partial charge on any atom is 0.417 e. The lowest BCUT2D eigenvalue weighted by atomic mass is 9.90. The molecule has 0 saturated carbocycles. The minimum Gasteiger partial charge on any atom is -0.493 e. The van der Waals surface area contributed by atoms with Gasteiger partial charge in [-0.2, -0.15) is 13.2 Å². The van der Waals surface area contributed by atoms with Crippen molar-refractivity contribution in [2.45, 2.75) is 36.4 Å². The third-order valence-corrected chi connectivity index (χ3v) is 8.44. The molecule has 0 fully saturated rings. The average molecular weight is 646 g/mol. The van der Waals surface area contributed by atoms with Gasteiger partial charge >= 0.3 is 12.1 Å². The van der Waals surface area contributed by atoms with Gasteiger partial charge in [-0.15, -0.1) is 11.8 Å². The Morgan fingerprint density at radius 1 is 0.977 bits per heavy atom. The quantitative estimate of drug-likeness (QED) is 0.0843. The minimum atomic E-state index is -4.58. The molecule has 0 heterocycles. The van der Waals surface area contributed by atoms with Crippen LogP contribution in [0.1, 0.15) is 40.2 Å². The Bertz CT molecular complexity index is 1500. The maximum atomic E-state index is 14.7. The number of carboxylic acids is 1. The number of benzene rings is 4. The minimum absolute atomic E-state index is 0.0668. The van der Waals surface area contributed by atoms with Crippen LogP contribution in [0, 0.1) is 5.82 Å². The Kier molecular flexibility index (Phi) is 11.7. The van der Waals surface area contributed by atoms with Crippen molar-refractivity contribution >= 4 is 29.3 Å². The third kappa shape index (κ3) is 9.00. The molecule has 0 aliphatic carbocycles. The van der Waals surface area contributed by atoms with E-state index in [0.29, 0.717) is 30.0 Å². The summed E-state index contributed by atoms with van der Waals surface area (Å²) in [5.74, 6) is -1.57. The number of nitrogens with zero attached hydrogens (tertiary/aromatic N) is 1. The topological polar surface area (TPSA) is 49.8 Å². The summed E-state index contributed by atoms with van der Waals surface area (Å²) in [6, 6.07) is 26.5. The molecule has 0 bridgehead atoms. The smallest absolute Gasteiger partial charge is 0.417 e. The Hall–Kier alpha value is -3.53. The van der Waals surface area contributed by atoms with E-state index in [1.54, 1.807) is 18.4 Å². The van der Waals surface area contributed by atoms with E-state index in [4.69, 9.17) is 21.4 Å². The monoisotopic (exact) mass is 645 g/mol. The molecule has 1 N–H and O–H groups in total. The fourth-order valence-corrected chi connectivity index (χ4v) is 6.03. The molecule has 232 valence electrons. The lowest BCUT2D eigenvalue weighted by molar-refractivity contribution is -0.138. The summed E-state index contributed by atoms with van der Waals surface area (Å²) in [4.78, 5) is 13.7. The molecule has 4 aromatic rings. The van der Waals surface area contributed by atoms with Gasteiger partial charge in [0.05, 0.1) is 23.6 Å². The van der Waals surface area contributed by atoms with Crippen LogP contribution in [0.5, 0.6) is 5.75 Å². The number of ether oxygens (including phenoxy) is 1. The average Bonchev–Trinajstić information content (AvgIpc) is 3.00. The van der Waals surface area contributed by atoms with Gasteiger partial charge < -0.3 is 9.84 Å². The van der Waals surface area contributed by atoms with E-state index in [0.717, 1.165) is 17.2 Å². The van der Waals surface area contributed by atoms with Crippen LogP contribution in [0.4, 0.5) is 17.6 Å². The second-order valence-electron chi connectivity index (χ2n) is 10.2. The van der Waals surface area contributed by atoms with Crippen molar-refractivity contribution in [1.82, 2.24) is 4.90 Å². The molecule has 0 aliphatic rings. The largest absolute Gasteiger partial charge is 0.493 e. The number of hydrogen-bond acceptors (Lipinski definition) is 4. The first kappa shape index (κ1) is 33.4. The number of carboxylic acid groups (broad SMARTS) is 1. The van der Waals surface area contributed by atoms with Gasteiger partial charge in [0.1, 0.15) is 11.6 Å². The molecular formula is C34H32ClF4NO3S. The van der Waals surface area contributed by atoms with Gasteiger partial charge in [-0.3, -0.25) is 9.69 Å². The zero-order valence-corrected chi connectivity index (χ0v) is 25.6. The van der Waals surface area contributed by atoms with Crippen molar-refractivity contribution in [2.75, 3.05) is 26.0 Å². The van der Waals surface area contributed by atoms with Crippen LogP contribution >= 0.6 is 23.4 Å². The van der Waals surface area contributed by atoms with Gasteiger partial charge in [0.15, 0.2) is 0 Å². The van der Waals surface area contributed by atoms with E-state index < -0.39 is 29.9 Å². The molecular weight excluding hydrogens is 614 g/mol. The maximum absolute atomic E-state index is 14.7. The van der Waals surface area contributed by atoms with E-state index in [1.807, 2.05) is 60.7 Å². The van der Waals surface area contributed by atoms with Crippen LogP contribution in [-0.2, 0) is 23.9 Å². The number of hydrogen-bond donors (Lipinski definition) is 1. The van der Waals surface area contributed by atoms with Crippen molar-refractivity contribution in [1.29, 1.82) is 0 Å². The van der Waals surface area contributed by atoms with Crippen molar-refractivity contribution in [3.8, 4) is 5.75 Å². The Morgan fingerprint density at radius 3 is 2.18 bits per heavy atom. The molecule has 0 radical (unpaired) electrons. The van der Waals surface area contributed by atoms with E-state index in [9.17, 15) is 22.4 Å². The van der Waals surface area contributed by atoms with Crippen molar-refractivity contribution in [3.63, 3.8) is 0 Å². The van der Waals surface area contributed by atoms with Gasteiger partial charge in [0, 0.05) is 42.1 Å². The molecule has 0 amide bonds. The Balaban J connectivity index is 1.56. The standard InChI is InChI=1S/C34H32ClF4NO3S/c1-44-31-19-26(18-30(36)27(31)20-32(41)42)43-17-9-16-40(21-25-14-8-15-29(33(25)35)34(37,38)39)22-28(23-10-4-2-5-11-23)24-12-6-3-7-13-24/h2-8,10-15,18-19,28H,9,16-17,20-22H2,1H3,(H,41,42). The number of alkyl halides is 3. The first-order valence-electron chi connectivity index (χ1n) is 13.9. The highest BCUT2D eigenvalue weighted by Gasteiger charge is 2.34. The molecule has 4 rings (SSSR count). The summed E-state index contributed by atoms with van der Waals surface area (Å²) in [5, 5.41) is 8.80. The summed E-state index contributed by atoms with van der Waals surface area (Å²) in [6.07, 6.45) is -2.79. The molecule has 0 aromatic heterocycles.